The third-order valence-corrected chi connectivity index (χ3v) is 1.83. The molecule has 0 aliphatic rings. The number of nitrogens with zero attached hydrogens (tertiary/aromatic N) is 2. The van der Waals surface area contributed by atoms with Crippen LogP contribution in [0.15, 0.2) is 12.1 Å². The van der Waals surface area contributed by atoms with Crippen LogP contribution in [0.3, 0.4) is 0 Å². The first-order chi connectivity index (χ1) is 6.56. The summed E-state index contributed by atoms with van der Waals surface area (Å²) < 4.78 is 4.91. The van der Waals surface area contributed by atoms with Crippen LogP contribution in [0.25, 0.3) is 0 Å². The van der Waals surface area contributed by atoms with Gasteiger partial charge in [-0.15, -0.1) is 0 Å². The maximum atomic E-state index is 10.7. The Bertz CT molecular complexity index is 350. The monoisotopic (exact) mass is 196 g/mol. The molecule has 14 heavy (non-hydrogen) atoms. The zero-order valence-electron chi connectivity index (χ0n) is 8.35. The van der Waals surface area contributed by atoms with Crippen molar-refractivity contribution in [2.75, 3.05) is 7.11 Å². The Kier molecular flexibility index (Phi) is 3.01. The maximum Gasteiger partial charge on any atom is 0.291 e. The van der Waals surface area contributed by atoms with E-state index in [1.54, 1.807) is 0 Å². The first-order valence-corrected chi connectivity index (χ1v) is 4.25. The van der Waals surface area contributed by atoms with Gasteiger partial charge in [0.05, 0.1) is 12.0 Å². The van der Waals surface area contributed by atoms with E-state index in [1.807, 2.05) is 13.8 Å². The molecule has 0 saturated carbocycles. The normalized spacial score (nSPS) is 10.3. The second-order valence-electron chi connectivity index (χ2n) is 3.17. The molecule has 1 aromatic rings. The van der Waals surface area contributed by atoms with Crippen LogP contribution in [0.4, 0.5) is 5.69 Å². The molecule has 5 nitrogen and oxygen atoms in total. The Labute approximate surface area is 81.9 Å². The summed E-state index contributed by atoms with van der Waals surface area (Å²) in [6, 6.07) is 2.91. The van der Waals surface area contributed by atoms with E-state index in [4.69, 9.17) is 4.74 Å². The molecule has 0 atom stereocenters. The molecule has 1 aromatic heterocycles. The van der Waals surface area contributed by atoms with Crippen LogP contribution in [0.5, 0.6) is 5.88 Å². The number of methoxy groups -OCH3 is 1. The third kappa shape index (κ3) is 1.99. The lowest BCUT2D eigenvalue weighted by atomic mass is 10.1. The van der Waals surface area contributed by atoms with Crippen molar-refractivity contribution in [3.05, 3.63) is 27.9 Å². The van der Waals surface area contributed by atoms with Crippen molar-refractivity contribution in [3.8, 4) is 5.88 Å². The summed E-state index contributed by atoms with van der Waals surface area (Å²) in [6.45, 7) is 3.71. The topological polar surface area (TPSA) is 65.3 Å². The molecule has 76 valence electrons. The van der Waals surface area contributed by atoms with Gasteiger partial charge in [-0.25, -0.2) is 4.98 Å². The molecule has 0 aliphatic carbocycles. The van der Waals surface area contributed by atoms with E-state index in [-0.39, 0.29) is 11.6 Å². The fraction of sp³-hybridized carbons (Fsp3) is 0.444. The van der Waals surface area contributed by atoms with E-state index in [0.717, 1.165) is 0 Å². The number of ether oxygens (including phenoxy) is 1. The standard InChI is InChI=1S/C9H12N2O3/c1-6(2)9-7(11(12)13)4-5-8(10-9)14-3/h4-6H,1-3H3. The van der Waals surface area contributed by atoms with E-state index < -0.39 is 4.92 Å². The minimum Gasteiger partial charge on any atom is -0.481 e. The van der Waals surface area contributed by atoms with Gasteiger partial charge in [-0.3, -0.25) is 10.1 Å². The Hall–Kier alpha value is -1.65. The first-order valence-electron chi connectivity index (χ1n) is 4.25. The lowest BCUT2D eigenvalue weighted by molar-refractivity contribution is -0.386. The highest BCUT2D eigenvalue weighted by molar-refractivity contribution is 5.39. The fourth-order valence-electron chi connectivity index (χ4n) is 1.14. The van der Waals surface area contributed by atoms with Gasteiger partial charge in [0.2, 0.25) is 5.88 Å². The number of hydrogen-bond donors (Lipinski definition) is 0. The van der Waals surface area contributed by atoms with Crippen LogP contribution in [0, 0.1) is 10.1 Å². The van der Waals surface area contributed by atoms with Gasteiger partial charge in [0.15, 0.2) is 0 Å². The summed E-state index contributed by atoms with van der Waals surface area (Å²) in [5, 5.41) is 10.7. The minimum absolute atomic E-state index is 0.00509. The highest BCUT2D eigenvalue weighted by Gasteiger charge is 2.18. The molecule has 0 spiro atoms. The zero-order valence-corrected chi connectivity index (χ0v) is 8.35. The van der Waals surface area contributed by atoms with Crippen LogP contribution in [0.2, 0.25) is 0 Å². The van der Waals surface area contributed by atoms with Crippen molar-refractivity contribution in [3.63, 3.8) is 0 Å². The number of pyridine rings is 1. The predicted molar refractivity (Wildman–Crippen MR) is 51.5 cm³/mol. The molecule has 5 heteroatoms. The Balaban J connectivity index is 3.24. The largest absolute Gasteiger partial charge is 0.481 e. The molecule has 0 unspecified atom stereocenters. The highest BCUT2D eigenvalue weighted by Crippen LogP contribution is 2.26. The van der Waals surface area contributed by atoms with Gasteiger partial charge >= 0.3 is 0 Å². The van der Waals surface area contributed by atoms with Crippen molar-refractivity contribution in [2.24, 2.45) is 0 Å². The van der Waals surface area contributed by atoms with Crippen molar-refractivity contribution < 1.29 is 9.66 Å². The quantitative estimate of drug-likeness (QED) is 0.548. The fourth-order valence-corrected chi connectivity index (χ4v) is 1.14. The van der Waals surface area contributed by atoms with E-state index in [2.05, 4.69) is 4.98 Å². The second kappa shape index (κ2) is 4.04. The second-order valence-corrected chi connectivity index (χ2v) is 3.17. The smallest absolute Gasteiger partial charge is 0.291 e. The van der Waals surface area contributed by atoms with E-state index in [0.29, 0.717) is 11.6 Å². The first kappa shape index (κ1) is 10.4. The van der Waals surface area contributed by atoms with Crippen LogP contribution in [-0.2, 0) is 0 Å². The van der Waals surface area contributed by atoms with Gasteiger partial charge in [0.1, 0.15) is 5.69 Å². The van der Waals surface area contributed by atoms with Gasteiger partial charge in [-0.05, 0) is 0 Å². The molecule has 1 heterocycles. The Morgan fingerprint density at radius 1 is 1.50 bits per heavy atom. The van der Waals surface area contributed by atoms with Crippen molar-refractivity contribution in [1.29, 1.82) is 0 Å². The molecule has 0 radical (unpaired) electrons. The number of rotatable bonds is 3. The average Bonchev–Trinajstić information content (AvgIpc) is 2.16. The number of nitro groups is 1. The van der Waals surface area contributed by atoms with Crippen LogP contribution in [-0.4, -0.2) is 17.0 Å². The summed E-state index contributed by atoms with van der Waals surface area (Å²) in [5.74, 6) is 0.407. The molecule has 1 rings (SSSR count). The lowest BCUT2D eigenvalue weighted by Crippen LogP contribution is -2.01. The summed E-state index contributed by atoms with van der Waals surface area (Å²) in [7, 11) is 1.48. The molecule has 0 aliphatic heterocycles. The Morgan fingerprint density at radius 3 is 2.57 bits per heavy atom. The third-order valence-electron chi connectivity index (χ3n) is 1.83. The summed E-state index contributed by atoms with van der Waals surface area (Å²) in [6.07, 6.45) is 0. The SMILES string of the molecule is COc1ccc([N+](=O)[O-])c(C(C)C)n1. The molecule has 0 bridgehead atoms. The molecule has 0 saturated heterocycles. The lowest BCUT2D eigenvalue weighted by Gasteiger charge is -2.06. The summed E-state index contributed by atoms with van der Waals surface area (Å²) >= 11 is 0. The molecule has 0 amide bonds. The van der Waals surface area contributed by atoms with Crippen molar-refractivity contribution in [2.45, 2.75) is 19.8 Å². The van der Waals surface area contributed by atoms with Gasteiger partial charge in [0.25, 0.3) is 5.69 Å². The number of hydrogen-bond acceptors (Lipinski definition) is 4. The molecular weight excluding hydrogens is 184 g/mol. The van der Waals surface area contributed by atoms with Crippen molar-refractivity contribution >= 4 is 5.69 Å². The van der Waals surface area contributed by atoms with E-state index in [1.165, 1.54) is 19.2 Å². The zero-order chi connectivity index (χ0) is 10.7. The predicted octanol–water partition coefficient (Wildman–Crippen LogP) is 2.12. The van der Waals surface area contributed by atoms with Crippen molar-refractivity contribution in [1.82, 2.24) is 4.98 Å². The van der Waals surface area contributed by atoms with Crippen LogP contribution >= 0.6 is 0 Å². The number of aromatic nitrogens is 1. The minimum atomic E-state index is -0.429. The average molecular weight is 196 g/mol. The van der Waals surface area contributed by atoms with Gasteiger partial charge in [0, 0.05) is 18.1 Å². The van der Waals surface area contributed by atoms with E-state index >= 15 is 0 Å². The van der Waals surface area contributed by atoms with Gasteiger partial charge in [-0.2, -0.15) is 0 Å². The highest BCUT2D eigenvalue weighted by atomic mass is 16.6. The molecule has 0 aromatic carbocycles. The van der Waals surface area contributed by atoms with Crippen LogP contribution < -0.4 is 4.74 Å². The summed E-state index contributed by atoms with van der Waals surface area (Å²) in [4.78, 5) is 14.3. The molecule has 0 fully saturated rings. The van der Waals surface area contributed by atoms with Gasteiger partial charge in [-0.1, -0.05) is 13.8 Å². The molecule has 0 N–H and O–H groups in total. The molecular formula is C9H12N2O3. The van der Waals surface area contributed by atoms with Crippen LogP contribution in [0.1, 0.15) is 25.5 Å². The Morgan fingerprint density at radius 2 is 2.14 bits per heavy atom. The maximum absolute atomic E-state index is 10.7. The van der Waals surface area contributed by atoms with E-state index in [9.17, 15) is 10.1 Å². The summed E-state index contributed by atoms with van der Waals surface area (Å²) in [5.41, 5.74) is 0.496. The van der Waals surface area contributed by atoms with Gasteiger partial charge < -0.3 is 4.74 Å².